The van der Waals surface area contributed by atoms with Crippen molar-refractivity contribution in [2.24, 2.45) is 0 Å². The molecule has 2 aliphatic rings. The Morgan fingerprint density at radius 2 is 2.05 bits per heavy atom. The summed E-state index contributed by atoms with van der Waals surface area (Å²) in [6.45, 7) is 5.91. The number of sulfonamides is 1. The lowest BCUT2D eigenvalue weighted by atomic mass is 10.1. The highest BCUT2D eigenvalue weighted by molar-refractivity contribution is 7.89. The third-order valence-electron chi connectivity index (χ3n) is 3.91. The van der Waals surface area contributed by atoms with E-state index in [1.807, 2.05) is 0 Å². The minimum atomic E-state index is -3.14. The largest absolute Gasteiger partial charge is 0.379 e. The molecule has 0 radical (unpaired) electrons. The van der Waals surface area contributed by atoms with Gasteiger partial charge in [0.15, 0.2) is 0 Å². The average molecular weight is 305 g/mol. The Bertz CT molecular complexity index is 363. The summed E-state index contributed by atoms with van der Waals surface area (Å²) in [5, 5.41) is 3.28. The van der Waals surface area contributed by atoms with E-state index >= 15 is 0 Å². The highest BCUT2D eigenvalue weighted by Gasteiger charge is 2.20. The number of rotatable bonds is 7. The molecule has 2 rings (SSSR count). The molecule has 0 amide bonds. The molecule has 7 heteroatoms. The van der Waals surface area contributed by atoms with Crippen LogP contribution in [0.15, 0.2) is 0 Å². The van der Waals surface area contributed by atoms with Gasteiger partial charge in [0, 0.05) is 25.7 Å². The summed E-state index contributed by atoms with van der Waals surface area (Å²) < 4.78 is 31.9. The van der Waals surface area contributed by atoms with Crippen LogP contribution in [-0.2, 0) is 14.8 Å². The molecule has 20 heavy (non-hydrogen) atoms. The molecule has 2 aliphatic heterocycles. The zero-order valence-electron chi connectivity index (χ0n) is 12.1. The van der Waals surface area contributed by atoms with Gasteiger partial charge >= 0.3 is 0 Å². The van der Waals surface area contributed by atoms with Gasteiger partial charge in [0.1, 0.15) is 0 Å². The molecule has 0 aliphatic carbocycles. The molecular formula is C13H27N3O3S. The van der Waals surface area contributed by atoms with E-state index in [1.165, 1.54) is 0 Å². The molecule has 0 aromatic heterocycles. The van der Waals surface area contributed by atoms with Gasteiger partial charge in [0.2, 0.25) is 10.0 Å². The van der Waals surface area contributed by atoms with Crippen LogP contribution in [0.1, 0.15) is 25.7 Å². The van der Waals surface area contributed by atoms with Gasteiger partial charge in [0.25, 0.3) is 0 Å². The van der Waals surface area contributed by atoms with Crippen molar-refractivity contribution in [2.75, 3.05) is 51.7 Å². The SMILES string of the molecule is O=S(=O)(CC1CCCCN1)NCCCN1CCOCC1. The summed E-state index contributed by atoms with van der Waals surface area (Å²) in [4.78, 5) is 2.32. The smallest absolute Gasteiger partial charge is 0.213 e. The summed E-state index contributed by atoms with van der Waals surface area (Å²) in [5.74, 6) is 0.213. The molecule has 0 aromatic rings. The van der Waals surface area contributed by atoms with Crippen molar-refractivity contribution in [3.8, 4) is 0 Å². The molecule has 118 valence electrons. The van der Waals surface area contributed by atoms with Gasteiger partial charge in [-0.25, -0.2) is 13.1 Å². The van der Waals surface area contributed by atoms with Crippen molar-refractivity contribution in [3.63, 3.8) is 0 Å². The minimum absolute atomic E-state index is 0.125. The highest BCUT2D eigenvalue weighted by Crippen LogP contribution is 2.08. The lowest BCUT2D eigenvalue weighted by molar-refractivity contribution is 0.0376. The molecule has 2 saturated heterocycles. The van der Waals surface area contributed by atoms with Crippen molar-refractivity contribution in [2.45, 2.75) is 31.7 Å². The average Bonchev–Trinajstić information content (AvgIpc) is 2.45. The van der Waals surface area contributed by atoms with Gasteiger partial charge in [-0.15, -0.1) is 0 Å². The van der Waals surface area contributed by atoms with Gasteiger partial charge in [-0.3, -0.25) is 4.90 Å². The standard InChI is InChI=1S/C13H27N3O3S/c17-20(18,12-13-4-1-2-5-14-13)15-6-3-7-16-8-10-19-11-9-16/h13-15H,1-12H2. The summed E-state index contributed by atoms with van der Waals surface area (Å²) in [5.41, 5.74) is 0. The van der Waals surface area contributed by atoms with E-state index in [-0.39, 0.29) is 11.8 Å². The maximum atomic E-state index is 12.0. The van der Waals surface area contributed by atoms with Gasteiger partial charge in [-0.1, -0.05) is 6.42 Å². The topological polar surface area (TPSA) is 70.7 Å². The van der Waals surface area contributed by atoms with Crippen LogP contribution in [-0.4, -0.2) is 71.0 Å². The van der Waals surface area contributed by atoms with Crippen LogP contribution in [0.4, 0.5) is 0 Å². The zero-order chi connectivity index (χ0) is 14.3. The van der Waals surface area contributed by atoms with E-state index in [4.69, 9.17) is 4.74 Å². The molecule has 1 unspecified atom stereocenters. The number of hydrogen-bond donors (Lipinski definition) is 2. The van der Waals surface area contributed by atoms with E-state index in [2.05, 4.69) is 14.9 Å². The first-order chi connectivity index (χ1) is 9.66. The van der Waals surface area contributed by atoms with Crippen LogP contribution in [0, 0.1) is 0 Å². The van der Waals surface area contributed by atoms with Crippen molar-refractivity contribution in [1.29, 1.82) is 0 Å². The first-order valence-corrected chi connectivity index (χ1v) is 9.32. The minimum Gasteiger partial charge on any atom is -0.379 e. The van der Waals surface area contributed by atoms with Crippen LogP contribution in [0.25, 0.3) is 0 Å². The number of piperidine rings is 1. The van der Waals surface area contributed by atoms with Crippen molar-refractivity contribution in [3.05, 3.63) is 0 Å². The molecular weight excluding hydrogens is 278 g/mol. The first-order valence-electron chi connectivity index (χ1n) is 7.66. The molecule has 0 saturated carbocycles. The third-order valence-corrected chi connectivity index (χ3v) is 5.39. The van der Waals surface area contributed by atoms with E-state index < -0.39 is 10.0 Å². The second-order valence-corrected chi connectivity index (χ2v) is 7.48. The fourth-order valence-corrected chi connectivity index (χ4v) is 4.13. The Balaban J connectivity index is 1.59. The summed E-state index contributed by atoms with van der Waals surface area (Å²) >= 11 is 0. The maximum Gasteiger partial charge on any atom is 0.213 e. The molecule has 2 heterocycles. The fraction of sp³-hybridized carbons (Fsp3) is 1.00. The lowest BCUT2D eigenvalue weighted by Crippen LogP contribution is -2.43. The monoisotopic (exact) mass is 305 g/mol. The van der Waals surface area contributed by atoms with Gasteiger partial charge in [-0.2, -0.15) is 0 Å². The Hall–Kier alpha value is -0.210. The molecule has 0 aromatic carbocycles. The van der Waals surface area contributed by atoms with Crippen LogP contribution in [0.5, 0.6) is 0 Å². The van der Waals surface area contributed by atoms with E-state index in [0.717, 1.165) is 65.1 Å². The second kappa shape index (κ2) is 8.29. The van der Waals surface area contributed by atoms with Crippen LogP contribution >= 0.6 is 0 Å². The van der Waals surface area contributed by atoms with Gasteiger partial charge in [-0.05, 0) is 32.4 Å². The Morgan fingerprint density at radius 3 is 2.75 bits per heavy atom. The van der Waals surface area contributed by atoms with E-state index in [1.54, 1.807) is 0 Å². The molecule has 2 N–H and O–H groups in total. The molecule has 6 nitrogen and oxygen atoms in total. The number of nitrogens with one attached hydrogen (secondary N) is 2. The van der Waals surface area contributed by atoms with Crippen LogP contribution in [0.2, 0.25) is 0 Å². The molecule has 0 spiro atoms. The zero-order valence-corrected chi connectivity index (χ0v) is 13.0. The fourth-order valence-electron chi connectivity index (χ4n) is 2.75. The van der Waals surface area contributed by atoms with E-state index in [9.17, 15) is 8.42 Å². The molecule has 0 bridgehead atoms. The van der Waals surface area contributed by atoms with Crippen molar-refractivity contribution >= 4 is 10.0 Å². The van der Waals surface area contributed by atoms with E-state index in [0.29, 0.717) is 6.54 Å². The predicted molar refractivity (Wildman–Crippen MR) is 79.3 cm³/mol. The first kappa shape index (κ1) is 16.2. The number of hydrogen-bond acceptors (Lipinski definition) is 5. The predicted octanol–water partition coefficient (Wildman–Crippen LogP) is -0.230. The lowest BCUT2D eigenvalue weighted by Gasteiger charge is -2.26. The van der Waals surface area contributed by atoms with Gasteiger partial charge in [0.05, 0.1) is 19.0 Å². The van der Waals surface area contributed by atoms with Crippen LogP contribution < -0.4 is 10.0 Å². The number of morpholine rings is 1. The Labute approximate surface area is 122 Å². The summed E-state index contributed by atoms with van der Waals surface area (Å²) in [6, 6.07) is 0.125. The highest BCUT2D eigenvalue weighted by atomic mass is 32.2. The quantitative estimate of drug-likeness (QED) is 0.636. The second-order valence-electron chi connectivity index (χ2n) is 5.63. The summed E-state index contributed by atoms with van der Waals surface area (Å²) in [7, 11) is -3.14. The Kier molecular flexibility index (Phi) is 6.70. The summed E-state index contributed by atoms with van der Waals surface area (Å²) in [6.07, 6.45) is 4.11. The Morgan fingerprint density at radius 1 is 1.25 bits per heavy atom. The van der Waals surface area contributed by atoms with Crippen molar-refractivity contribution < 1.29 is 13.2 Å². The van der Waals surface area contributed by atoms with Crippen molar-refractivity contribution in [1.82, 2.24) is 14.9 Å². The third kappa shape index (κ3) is 6.05. The maximum absolute atomic E-state index is 12.0. The molecule has 1 atom stereocenters. The molecule has 2 fully saturated rings. The number of nitrogens with zero attached hydrogens (tertiary/aromatic N) is 1. The van der Waals surface area contributed by atoms with Gasteiger partial charge < -0.3 is 10.1 Å². The normalized spacial score (nSPS) is 25.7. The number of ether oxygens (including phenoxy) is 1. The van der Waals surface area contributed by atoms with Crippen LogP contribution in [0.3, 0.4) is 0 Å².